The van der Waals surface area contributed by atoms with Gasteiger partial charge in [0, 0.05) is 18.8 Å². The van der Waals surface area contributed by atoms with Gasteiger partial charge < -0.3 is 10.6 Å². The first kappa shape index (κ1) is 16.0. The zero-order valence-corrected chi connectivity index (χ0v) is 13.0. The van der Waals surface area contributed by atoms with Crippen LogP contribution in [0.25, 0.3) is 0 Å². The molecule has 1 atom stereocenters. The third-order valence-corrected chi connectivity index (χ3v) is 3.86. The normalized spacial score (nSPS) is 17.3. The lowest BCUT2D eigenvalue weighted by Gasteiger charge is -2.09. The van der Waals surface area contributed by atoms with Gasteiger partial charge in [-0.2, -0.15) is 5.10 Å². The zero-order chi connectivity index (χ0) is 16.3. The van der Waals surface area contributed by atoms with E-state index in [0.717, 1.165) is 24.4 Å². The van der Waals surface area contributed by atoms with Crippen molar-refractivity contribution in [3.8, 4) is 0 Å². The molecule has 3 N–H and O–H groups in total. The van der Waals surface area contributed by atoms with Crippen molar-refractivity contribution in [3.05, 3.63) is 17.0 Å². The molecule has 8 heteroatoms. The minimum absolute atomic E-state index is 0.0451. The number of amides is 4. The highest BCUT2D eigenvalue weighted by Crippen LogP contribution is 2.11. The highest BCUT2D eigenvalue weighted by molar-refractivity contribution is 6.05. The SMILES string of the molecule is Cc1nn(CCCNC(=O)CC2NC(=O)NC2=O)c(C)c1C. The topological polar surface area (TPSA) is 105 Å². The second kappa shape index (κ2) is 6.59. The van der Waals surface area contributed by atoms with Crippen LogP contribution in [-0.2, 0) is 16.1 Å². The smallest absolute Gasteiger partial charge is 0.322 e. The number of aromatic nitrogens is 2. The summed E-state index contributed by atoms with van der Waals surface area (Å²) in [5, 5.41) is 11.7. The van der Waals surface area contributed by atoms with E-state index >= 15 is 0 Å². The maximum absolute atomic E-state index is 11.7. The Morgan fingerprint density at radius 3 is 2.59 bits per heavy atom. The maximum atomic E-state index is 11.7. The summed E-state index contributed by atoms with van der Waals surface area (Å²) in [5.41, 5.74) is 3.34. The van der Waals surface area contributed by atoms with Crippen LogP contribution in [0.2, 0.25) is 0 Å². The molecule has 0 spiro atoms. The highest BCUT2D eigenvalue weighted by Gasteiger charge is 2.30. The lowest BCUT2D eigenvalue weighted by atomic mass is 10.2. The van der Waals surface area contributed by atoms with Crippen LogP contribution in [-0.4, -0.2) is 40.2 Å². The van der Waals surface area contributed by atoms with Gasteiger partial charge in [0.2, 0.25) is 5.91 Å². The predicted octanol–water partition coefficient (Wildman–Crippen LogP) is -0.0872. The van der Waals surface area contributed by atoms with Crippen LogP contribution in [0.5, 0.6) is 0 Å². The van der Waals surface area contributed by atoms with Gasteiger partial charge in [-0.25, -0.2) is 4.79 Å². The molecule has 1 aromatic heterocycles. The Morgan fingerprint density at radius 1 is 1.32 bits per heavy atom. The molecular formula is C14H21N5O3. The van der Waals surface area contributed by atoms with E-state index in [1.807, 2.05) is 25.5 Å². The number of urea groups is 1. The van der Waals surface area contributed by atoms with Crippen molar-refractivity contribution in [1.82, 2.24) is 25.7 Å². The van der Waals surface area contributed by atoms with Crippen LogP contribution in [0.15, 0.2) is 0 Å². The van der Waals surface area contributed by atoms with Crippen molar-refractivity contribution in [2.75, 3.05) is 6.54 Å². The number of rotatable bonds is 6. The van der Waals surface area contributed by atoms with E-state index in [1.54, 1.807) is 0 Å². The van der Waals surface area contributed by atoms with Crippen LogP contribution in [0, 0.1) is 20.8 Å². The summed E-state index contributed by atoms with van der Waals surface area (Å²) >= 11 is 0. The first-order valence-electron chi connectivity index (χ1n) is 7.27. The van der Waals surface area contributed by atoms with Gasteiger partial charge >= 0.3 is 6.03 Å². The molecule has 4 amide bonds. The second-order valence-corrected chi connectivity index (χ2v) is 5.44. The van der Waals surface area contributed by atoms with Crippen molar-refractivity contribution in [2.24, 2.45) is 0 Å². The van der Waals surface area contributed by atoms with Crippen LogP contribution in [0.4, 0.5) is 4.79 Å². The number of imide groups is 1. The lowest BCUT2D eigenvalue weighted by molar-refractivity contribution is -0.126. The molecule has 1 unspecified atom stereocenters. The summed E-state index contributed by atoms with van der Waals surface area (Å²) in [7, 11) is 0. The first-order valence-corrected chi connectivity index (χ1v) is 7.27. The van der Waals surface area contributed by atoms with Gasteiger partial charge in [-0.1, -0.05) is 0 Å². The van der Waals surface area contributed by atoms with E-state index in [0.29, 0.717) is 6.54 Å². The minimum atomic E-state index is -0.772. The highest BCUT2D eigenvalue weighted by atomic mass is 16.2. The van der Waals surface area contributed by atoms with Crippen molar-refractivity contribution in [2.45, 2.75) is 46.2 Å². The molecule has 0 bridgehead atoms. The molecule has 0 saturated carbocycles. The molecule has 120 valence electrons. The molecular weight excluding hydrogens is 286 g/mol. The number of nitrogens with zero attached hydrogens (tertiary/aromatic N) is 2. The number of aryl methyl sites for hydroxylation is 2. The summed E-state index contributed by atoms with van der Waals surface area (Å²) in [6.07, 6.45) is 0.701. The molecule has 22 heavy (non-hydrogen) atoms. The number of nitrogens with one attached hydrogen (secondary N) is 3. The number of hydrogen-bond donors (Lipinski definition) is 3. The second-order valence-electron chi connectivity index (χ2n) is 5.44. The molecule has 2 heterocycles. The monoisotopic (exact) mass is 307 g/mol. The summed E-state index contributed by atoms with van der Waals surface area (Å²) in [4.78, 5) is 34.0. The van der Waals surface area contributed by atoms with E-state index in [4.69, 9.17) is 0 Å². The van der Waals surface area contributed by atoms with Gasteiger partial charge in [0.15, 0.2) is 0 Å². The van der Waals surface area contributed by atoms with Gasteiger partial charge in [-0.05, 0) is 32.8 Å². The van der Waals surface area contributed by atoms with Gasteiger partial charge in [-0.3, -0.25) is 19.6 Å². The fourth-order valence-electron chi connectivity index (χ4n) is 2.32. The van der Waals surface area contributed by atoms with Gasteiger partial charge in [-0.15, -0.1) is 0 Å². The Labute approximate surface area is 128 Å². The summed E-state index contributed by atoms with van der Waals surface area (Å²) in [5.74, 6) is -0.717. The minimum Gasteiger partial charge on any atom is -0.356 e. The van der Waals surface area contributed by atoms with Crippen LogP contribution >= 0.6 is 0 Å². The number of carbonyl (C=O) groups excluding carboxylic acids is 3. The van der Waals surface area contributed by atoms with Gasteiger partial charge in [0.25, 0.3) is 5.91 Å². The molecule has 2 rings (SSSR count). The van der Waals surface area contributed by atoms with Crippen molar-refractivity contribution in [1.29, 1.82) is 0 Å². The van der Waals surface area contributed by atoms with E-state index in [-0.39, 0.29) is 12.3 Å². The largest absolute Gasteiger partial charge is 0.356 e. The third-order valence-electron chi connectivity index (χ3n) is 3.86. The molecule has 1 aliphatic heterocycles. The van der Waals surface area contributed by atoms with Crippen LogP contribution in [0.3, 0.4) is 0 Å². The molecule has 8 nitrogen and oxygen atoms in total. The van der Waals surface area contributed by atoms with E-state index in [1.165, 1.54) is 5.56 Å². The molecule has 1 aromatic rings. The fraction of sp³-hybridized carbons (Fsp3) is 0.571. The predicted molar refractivity (Wildman–Crippen MR) is 79.1 cm³/mol. The number of hydrogen-bond acceptors (Lipinski definition) is 4. The summed E-state index contributed by atoms with van der Waals surface area (Å²) < 4.78 is 1.93. The Morgan fingerprint density at radius 2 is 2.05 bits per heavy atom. The van der Waals surface area contributed by atoms with E-state index < -0.39 is 18.0 Å². The maximum Gasteiger partial charge on any atom is 0.322 e. The lowest BCUT2D eigenvalue weighted by Crippen LogP contribution is -2.36. The summed E-state index contributed by atoms with van der Waals surface area (Å²) in [6, 6.07) is -1.33. The average Bonchev–Trinajstić information content (AvgIpc) is 2.89. The fourth-order valence-corrected chi connectivity index (χ4v) is 2.32. The van der Waals surface area contributed by atoms with Gasteiger partial charge in [0.05, 0.1) is 12.1 Å². The standard InChI is InChI=1S/C14H21N5O3/c1-8-9(2)18-19(10(8)3)6-4-5-15-12(20)7-11-13(21)17-14(22)16-11/h11H,4-7H2,1-3H3,(H,15,20)(H2,16,17,21,22). The van der Waals surface area contributed by atoms with Crippen molar-refractivity contribution >= 4 is 17.8 Å². The van der Waals surface area contributed by atoms with Crippen molar-refractivity contribution in [3.63, 3.8) is 0 Å². The molecule has 0 aliphatic carbocycles. The quantitative estimate of drug-likeness (QED) is 0.504. The first-order chi connectivity index (χ1) is 10.4. The number of carbonyl (C=O) groups is 3. The van der Waals surface area contributed by atoms with Crippen LogP contribution < -0.4 is 16.0 Å². The molecule has 0 radical (unpaired) electrons. The summed E-state index contributed by atoms with van der Waals surface area (Å²) in [6.45, 7) is 7.26. The van der Waals surface area contributed by atoms with E-state index in [2.05, 4.69) is 21.0 Å². The third kappa shape index (κ3) is 3.63. The molecule has 1 saturated heterocycles. The Bertz CT molecular complexity index is 608. The Balaban J connectivity index is 1.70. The zero-order valence-electron chi connectivity index (χ0n) is 13.0. The molecule has 1 aliphatic rings. The van der Waals surface area contributed by atoms with Gasteiger partial charge in [0.1, 0.15) is 6.04 Å². The van der Waals surface area contributed by atoms with Crippen LogP contribution in [0.1, 0.15) is 29.8 Å². The Hall–Kier alpha value is -2.38. The van der Waals surface area contributed by atoms with E-state index in [9.17, 15) is 14.4 Å². The molecule has 1 fully saturated rings. The Kier molecular flexibility index (Phi) is 4.79. The average molecular weight is 307 g/mol. The molecule has 0 aromatic carbocycles. The van der Waals surface area contributed by atoms with Crippen molar-refractivity contribution < 1.29 is 14.4 Å².